The first kappa shape index (κ1) is 11.9. The molecule has 2 aliphatic rings. The second-order valence-corrected chi connectivity index (χ2v) is 5.52. The Labute approximate surface area is 110 Å². The van der Waals surface area contributed by atoms with Crippen LogP contribution in [0.4, 0.5) is 5.69 Å². The molecule has 1 amide bonds. The molecule has 96 valence electrons. The molecule has 0 radical (unpaired) electrons. The monoisotopic (exact) mass is 265 g/mol. The molecule has 2 unspecified atom stereocenters. The number of thioether (sulfide) groups is 1. The number of β-lactam (4-membered cyclic amide) rings is 1. The molecule has 1 saturated heterocycles. The van der Waals surface area contributed by atoms with Crippen molar-refractivity contribution in [3.63, 3.8) is 0 Å². The minimum absolute atomic E-state index is 0.0183. The van der Waals surface area contributed by atoms with Gasteiger partial charge < -0.3 is 9.47 Å². The van der Waals surface area contributed by atoms with Crippen LogP contribution in [0, 0.1) is 0 Å². The van der Waals surface area contributed by atoms with Crippen molar-refractivity contribution in [3.05, 3.63) is 24.3 Å². The van der Waals surface area contributed by atoms with Crippen LogP contribution in [0.5, 0.6) is 5.75 Å². The van der Waals surface area contributed by atoms with Crippen LogP contribution < -0.4 is 9.64 Å². The summed E-state index contributed by atoms with van der Waals surface area (Å²) in [6, 6.07) is 7.67. The number of amides is 1. The molecule has 2 heterocycles. The largest absolute Gasteiger partial charge is 0.491 e. The first-order valence-corrected chi connectivity index (χ1v) is 7.11. The number of para-hydroxylation sites is 2. The minimum Gasteiger partial charge on any atom is -0.491 e. The Balaban J connectivity index is 2.10. The Bertz CT molecular complexity index is 493. The molecule has 2 atom stereocenters. The summed E-state index contributed by atoms with van der Waals surface area (Å²) in [6.45, 7) is 0.599. The standard InChI is InChI=1S/C13H15NO3S/c1-16-11-12(15)14-9-5-3-4-6-10(9)17-8-7-13(11,14)18-2/h3-6,11H,7-8H2,1-2H3. The highest BCUT2D eigenvalue weighted by Gasteiger charge is 2.62. The first-order valence-electron chi connectivity index (χ1n) is 5.88. The fourth-order valence-electron chi connectivity index (χ4n) is 2.77. The number of ether oxygens (including phenoxy) is 2. The van der Waals surface area contributed by atoms with Gasteiger partial charge in [0.15, 0.2) is 6.10 Å². The summed E-state index contributed by atoms with van der Waals surface area (Å²) in [7, 11) is 1.59. The van der Waals surface area contributed by atoms with E-state index >= 15 is 0 Å². The van der Waals surface area contributed by atoms with E-state index in [0.29, 0.717) is 6.61 Å². The van der Waals surface area contributed by atoms with E-state index in [2.05, 4.69) is 0 Å². The van der Waals surface area contributed by atoms with Crippen LogP contribution in [0.2, 0.25) is 0 Å². The molecule has 1 aromatic carbocycles. The quantitative estimate of drug-likeness (QED) is 0.765. The summed E-state index contributed by atoms with van der Waals surface area (Å²) < 4.78 is 11.1. The van der Waals surface area contributed by atoms with Crippen LogP contribution in [-0.2, 0) is 9.53 Å². The van der Waals surface area contributed by atoms with Gasteiger partial charge >= 0.3 is 0 Å². The molecule has 3 rings (SSSR count). The van der Waals surface area contributed by atoms with Crippen LogP contribution >= 0.6 is 11.8 Å². The van der Waals surface area contributed by atoms with E-state index in [0.717, 1.165) is 17.9 Å². The predicted molar refractivity (Wildman–Crippen MR) is 71.1 cm³/mol. The Morgan fingerprint density at radius 2 is 2.28 bits per heavy atom. The van der Waals surface area contributed by atoms with Crippen LogP contribution in [0.3, 0.4) is 0 Å². The molecular weight excluding hydrogens is 250 g/mol. The minimum atomic E-state index is -0.373. The maximum absolute atomic E-state index is 12.2. The lowest BCUT2D eigenvalue weighted by Crippen LogP contribution is -2.73. The number of carbonyl (C=O) groups excluding carboxylic acids is 1. The lowest BCUT2D eigenvalue weighted by atomic mass is 9.93. The van der Waals surface area contributed by atoms with Crippen LogP contribution in [0.25, 0.3) is 0 Å². The number of nitrogens with zero attached hydrogens (tertiary/aromatic N) is 1. The number of carbonyl (C=O) groups is 1. The van der Waals surface area contributed by atoms with Gasteiger partial charge in [-0.2, -0.15) is 0 Å². The molecule has 1 fully saturated rings. The van der Waals surface area contributed by atoms with E-state index in [4.69, 9.17) is 9.47 Å². The second-order valence-electron chi connectivity index (χ2n) is 4.40. The molecule has 0 aromatic heterocycles. The molecule has 0 N–H and O–H groups in total. The van der Waals surface area contributed by atoms with Crippen molar-refractivity contribution >= 4 is 23.4 Å². The average Bonchev–Trinajstić information content (AvgIpc) is 2.53. The highest BCUT2D eigenvalue weighted by Crippen LogP contribution is 2.51. The molecule has 5 heteroatoms. The van der Waals surface area contributed by atoms with E-state index in [1.165, 1.54) is 0 Å². The smallest absolute Gasteiger partial charge is 0.260 e. The third kappa shape index (κ3) is 1.34. The number of rotatable bonds is 2. The van der Waals surface area contributed by atoms with Gasteiger partial charge in [-0.1, -0.05) is 12.1 Å². The summed E-state index contributed by atoms with van der Waals surface area (Å²) in [5.74, 6) is 0.793. The van der Waals surface area contributed by atoms with Gasteiger partial charge in [0.05, 0.1) is 12.3 Å². The first-order chi connectivity index (χ1) is 8.74. The predicted octanol–water partition coefficient (Wildman–Crippen LogP) is 1.89. The van der Waals surface area contributed by atoms with Gasteiger partial charge in [0.1, 0.15) is 10.6 Å². The highest BCUT2D eigenvalue weighted by molar-refractivity contribution is 8.00. The Morgan fingerprint density at radius 3 is 3.00 bits per heavy atom. The Morgan fingerprint density at radius 1 is 1.50 bits per heavy atom. The summed E-state index contributed by atoms with van der Waals surface area (Å²) in [6.07, 6.45) is 2.41. The summed E-state index contributed by atoms with van der Waals surface area (Å²) >= 11 is 1.66. The SMILES string of the molecule is COC1C(=O)N2c3ccccc3OCCC12SC. The Hall–Kier alpha value is -1.20. The molecule has 0 bridgehead atoms. The zero-order valence-corrected chi connectivity index (χ0v) is 11.2. The summed E-state index contributed by atoms with van der Waals surface area (Å²) in [4.78, 5) is 13.7. The fraction of sp³-hybridized carbons (Fsp3) is 0.462. The third-order valence-electron chi connectivity index (χ3n) is 3.65. The zero-order valence-electron chi connectivity index (χ0n) is 10.4. The molecule has 0 aliphatic carbocycles. The van der Waals surface area contributed by atoms with Crippen molar-refractivity contribution in [3.8, 4) is 5.75 Å². The lowest BCUT2D eigenvalue weighted by Gasteiger charge is -2.54. The van der Waals surface area contributed by atoms with Gasteiger partial charge in [0.25, 0.3) is 5.91 Å². The molecular formula is C13H15NO3S. The van der Waals surface area contributed by atoms with E-state index in [9.17, 15) is 4.79 Å². The van der Waals surface area contributed by atoms with Crippen molar-refractivity contribution in [2.75, 3.05) is 24.9 Å². The summed E-state index contributed by atoms with van der Waals surface area (Å²) in [5.41, 5.74) is 0.850. The highest BCUT2D eigenvalue weighted by atomic mass is 32.2. The van der Waals surface area contributed by atoms with Gasteiger partial charge in [0.2, 0.25) is 0 Å². The Kier molecular flexibility index (Phi) is 2.75. The van der Waals surface area contributed by atoms with Crippen LogP contribution in [-0.4, -0.2) is 36.9 Å². The summed E-state index contributed by atoms with van der Waals surface area (Å²) in [5, 5.41) is 0. The van der Waals surface area contributed by atoms with E-state index in [-0.39, 0.29) is 16.9 Å². The molecule has 0 saturated carbocycles. The molecule has 4 nitrogen and oxygen atoms in total. The number of anilines is 1. The number of benzene rings is 1. The van der Waals surface area contributed by atoms with Crippen molar-refractivity contribution in [2.24, 2.45) is 0 Å². The average molecular weight is 265 g/mol. The third-order valence-corrected chi connectivity index (χ3v) is 4.95. The number of hydrogen-bond acceptors (Lipinski definition) is 4. The van der Waals surface area contributed by atoms with E-state index < -0.39 is 0 Å². The van der Waals surface area contributed by atoms with Gasteiger partial charge in [-0.25, -0.2) is 0 Å². The van der Waals surface area contributed by atoms with Crippen molar-refractivity contribution in [1.82, 2.24) is 0 Å². The molecule has 18 heavy (non-hydrogen) atoms. The van der Waals surface area contributed by atoms with Crippen LogP contribution in [0.1, 0.15) is 6.42 Å². The van der Waals surface area contributed by atoms with Crippen molar-refractivity contribution < 1.29 is 14.3 Å². The maximum Gasteiger partial charge on any atom is 0.260 e. The molecule has 0 spiro atoms. The van der Waals surface area contributed by atoms with Gasteiger partial charge in [0, 0.05) is 13.5 Å². The van der Waals surface area contributed by atoms with Gasteiger partial charge in [-0.3, -0.25) is 9.69 Å². The van der Waals surface area contributed by atoms with Gasteiger partial charge in [-0.15, -0.1) is 11.8 Å². The fourth-order valence-corrected chi connectivity index (χ4v) is 3.84. The van der Waals surface area contributed by atoms with E-state index in [1.807, 2.05) is 35.4 Å². The van der Waals surface area contributed by atoms with Crippen LogP contribution in [0.15, 0.2) is 24.3 Å². The maximum atomic E-state index is 12.2. The second kappa shape index (κ2) is 4.17. The normalized spacial score (nSPS) is 29.8. The molecule has 2 aliphatic heterocycles. The number of methoxy groups -OCH3 is 1. The number of fused-ring (bicyclic) bond motifs is 3. The number of hydrogen-bond donors (Lipinski definition) is 0. The topological polar surface area (TPSA) is 38.8 Å². The van der Waals surface area contributed by atoms with Gasteiger partial charge in [-0.05, 0) is 18.4 Å². The lowest BCUT2D eigenvalue weighted by molar-refractivity contribution is -0.141. The van der Waals surface area contributed by atoms with E-state index in [1.54, 1.807) is 18.9 Å². The molecule has 1 aromatic rings. The van der Waals surface area contributed by atoms with Crippen molar-refractivity contribution in [1.29, 1.82) is 0 Å². The zero-order chi connectivity index (χ0) is 12.8. The van der Waals surface area contributed by atoms with Crippen molar-refractivity contribution in [2.45, 2.75) is 17.4 Å².